The van der Waals surface area contributed by atoms with Gasteiger partial charge in [0.15, 0.2) is 0 Å². The summed E-state index contributed by atoms with van der Waals surface area (Å²) >= 11 is 0. The molecule has 128 valence electrons. The first kappa shape index (κ1) is 17.8. The van der Waals surface area contributed by atoms with Crippen molar-refractivity contribution in [2.24, 2.45) is 0 Å². The van der Waals surface area contributed by atoms with Gasteiger partial charge in [0.2, 0.25) is 0 Å². The molecule has 4 nitrogen and oxygen atoms in total. The number of carbonyl (C=O) groups excluding carboxylic acids is 1. The highest BCUT2D eigenvalue weighted by molar-refractivity contribution is 5.67. The van der Waals surface area contributed by atoms with Gasteiger partial charge in [0, 0.05) is 17.5 Å². The molecule has 0 aromatic heterocycles. The number of phenols is 1. The van der Waals surface area contributed by atoms with E-state index in [0.29, 0.717) is 5.56 Å². The summed E-state index contributed by atoms with van der Waals surface area (Å²) in [5.74, 6) is -0.176. The zero-order valence-corrected chi connectivity index (χ0v) is 14.1. The topological polar surface area (TPSA) is 58.6 Å². The summed E-state index contributed by atoms with van der Waals surface area (Å²) in [5.41, 5.74) is 2.13. The van der Waals surface area contributed by atoms with Gasteiger partial charge in [-0.2, -0.15) is 0 Å². The molecule has 0 aliphatic heterocycles. The van der Waals surface area contributed by atoms with Crippen molar-refractivity contribution in [3.8, 4) is 5.75 Å². The molecule has 2 rings (SSSR count). The predicted octanol–water partition coefficient (Wildman–Crippen LogP) is 4.10. The average Bonchev–Trinajstić information content (AvgIpc) is 2.54. The van der Waals surface area contributed by atoms with Crippen molar-refractivity contribution in [2.45, 2.75) is 32.7 Å². The minimum absolute atomic E-state index is 0.102. The predicted molar refractivity (Wildman–Crippen MR) is 90.5 cm³/mol. The number of amides is 1. The lowest BCUT2D eigenvalue weighted by molar-refractivity contribution is 0.151. The number of hydrogen-bond donors (Lipinski definition) is 2. The molecular weight excluding hydrogens is 309 g/mol. The van der Waals surface area contributed by atoms with Crippen LogP contribution >= 0.6 is 0 Å². The van der Waals surface area contributed by atoms with Crippen LogP contribution in [-0.2, 0) is 16.7 Å². The van der Waals surface area contributed by atoms with E-state index >= 15 is 0 Å². The summed E-state index contributed by atoms with van der Waals surface area (Å²) in [7, 11) is 0. The van der Waals surface area contributed by atoms with E-state index in [1.54, 1.807) is 25.1 Å². The Bertz CT molecular complexity index is 711. The maximum Gasteiger partial charge on any atom is 0.407 e. The highest BCUT2D eigenvalue weighted by atomic mass is 19.1. The van der Waals surface area contributed by atoms with Crippen LogP contribution in [0.25, 0.3) is 0 Å². The SMILES string of the molecule is CCOC(=O)NCc1cc(C(C)(C)c2ccc(F)cc2)ccc1O. The van der Waals surface area contributed by atoms with Crippen LogP contribution in [0.3, 0.4) is 0 Å². The molecule has 0 radical (unpaired) electrons. The van der Waals surface area contributed by atoms with Crippen LogP contribution in [0.5, 0.6) is 5.75 Å². The maximum absolute atomic E-state index is 13.1. The van der Waals surface area contributed by atoms with E-state index in [2.05, 4.69) is 5.32 Å². The molecule has 0 saturated heterocycles. The van der Waals surface area contributed by atoms with E-state index < -0.39 is 6.09 Å². The second kappa shape index (κ2) is 7.34. The normalized spacial score (nSPS) is 11.2. The standard InChI is InChI=1S/C19H22FNO3/c1-4-24-18(23)21-12-13-11-15(7-10-17(13)22)19(2,3)14-5-8-16(20)9-6-14/h5-11,22H,4,12H2,1-3H3,(H,21,23). The number of phenolic OH excluding ortho intramolecular Hbond substituents is 1. The van der Waals surface area contributed by atoms with Crippen LogP contribution in [0.4, 0.5) is 9.18 Å². The summed E-state index contributed by atoms with van der Waals surface area (Å²) in [6.07, 6.45) is -0.528. The number of carbonyl (C=O) groups is 1. The van der Waals surface area contributed by atoms with Gasteiger partial charge in [-0.1, -0.05) is 32.0 Å². The second-order valence-corrected chi connectivity index (χ2v) is 6.05. The Labute approximate surface area is 141 Å². The Hall–Kier alpha value is -2.56. The molecule has 0 fully saturated rings. The fourth-order valence-electron chi connectivity index (χ4n) is 2.50. The number of halogens is 1. The van der Waals surface area contributed by atoms with Crippen molar-refractivity contribution in [2.75, 3.05) is 6.61 Å². The fourth-order valence-corrected chi connectivity index (χ4v) is 2.50. The zero-order valence-electron chi connectivity index (χ0n) is 14.1. The third-order valence-electron chi connectivity index (χ3n) is 4.07. The Balaban J connectivity index is 2.25. The largest absolute Gasteiger partial charge is 0.508 e. The lowest BCUT2D eigenvalue weighted by Gasteiger charge is -2.27. The molecule has 5 heteroatoms. The van der Waals surface area contributed by atoms with Crippen molar-refractivity contribution in [3.63, 3.8) is 0 Å². The molecule has 0 heterocycles. The third kappa shape index (κ3) is 4.04. The Morgan fingerprint density at radius 2 is 1.79 bits per heavy atom. The Morgan fingerprint density at radius 1 is 1.17 bits per heavy atom. The zero-order chi connectivity index (χ0) is 17.7. The molecule has 0 atom stereocenters. The first-order chi connectivity index (χ1) is 11.3. The van der Waals surface area contributed by atoms with E-state index in [0.717, 1.165) is 11.1 Å². The molecule has 2 N–H and O–H groups in total. The Kier molecular flexibility index (Phi) is 5.44. The van der Waals surface area contributed by atoms with Crippen LogP contribution in [0.1, 0.15) is 37.5 Å². The van der Waals surface area contributed by atoms with Crippen molar-refractivity contribution in [1.82, 2.24) is 5.32 Å². The van der Waals surface area contributed by atoms with E-state index in [4.69, 9.17) is 4.74 Å². The maximum atomic E-state index is 13.1. The van der Waals surface area contributed by atoms with E-state index in [9.17, 15) is 14.3 Å². The molecule has 24 heavy (non-hydrogen) atoms. The van der Waals surface area contributed by atoms with Crippen molar-refractivity contribution < 1.29 is 19.0 Å². The molecule has 0 aliphatic rings. The van der Waals surface area contributed by atoms with Gasteiger partial charge in [-0.25, -0.2) is 9.18 Å². The molecule has 0 bridgehead atoms. The first-order valence-electron chi connectivity index (χ1n) is 7.83. The third-order valence-corrected chi connectivity index (χ3v) is 4.07. The molecule has 2 aromatic rings. The monoisotopic (exact) mass is 331 g/mol. The summed E-state index contributed by atoms with van der Waals surface area (Å²) in [5, 5.41) is 12.6. The van der Waals surface area contributed by atoms with Crippen molar-refractivity contribution in [1.29, 1.82) is 0 Å². The smallest absolute Gasteiger partial charge is 0.407 e. The molecule has 2 aromatic carbocycles. The molecule has 0 unspecified atom stereocenters. The van der Waals surface area contributed by atoms with E-state index in [1.165, 1.54) is 12.1 Å². The van der Waals surface area contributed by atoms with E-state index in [1.807, 2.05) is 26.0 Å². The summed E-state index contributed by atoms with van der Waals surface area (Å²) in [6.45, 7) is 6.22. The quantitative estimate of drug-likeness (QED) is 0.867. The van der Waals surface area contributed by atoms with Gasteiger partial charge in [0.25, 0.3) is 0 Å². The van der Waals surface area contributed by atoms with Crippen LogP contribution in [0, 0.1) is 5.82 Å². The number of hydrogen-bond acceptors (Lipinski definition) is 3. The van der Waals surface area contributed by atoms with Crippen LogP contribution in [0.2, 0.25) is 0 Å². The van der Waals surface area contributed by atoms with Crippen LogP contribution < -0.4 is 5.32 Å². The van der Waals surface area contributed by atoms with Crippen LogP contribution in [-0.4, -0.2) is 17.8 Å². The van der Waals surface area contributed by atoms with Gasteiger partial charge in [0.1, 0.15) is 11.6 Å². The van der Waals surface area contributed by atoms with Crippen molar-refractivity contribution in [3.05, 3.63) is 65.0 Å². The fraction of sp³-hybridized carbons (Fsp3) is 0.316. The van der Waals surface area contributed by atoms with Crippen LogP contribution in [0.15, 0.2) is 42.5 Å². The highest BCUT2D eigenvalue weighted by Gasteiger charge is 2.24. The molecular formula is C19H22FNO3. The minimum Gasteiger partial charge on any atom is -0.508 e. The second-order valence-electron chi connectivity index (χ2n) is 6.05. The average molecular weight is 331 g/mol. The summed E-state index contributed by atoms with van der Waals surface area (Å²) in [4.78, 5) is 11.4. The van der Waals surface area contributed by atoms with Gasteiger partial charge in [-0.3, -0.25) is 0 Å². The van der Waals surface area contributed by atoms with E-state index in [-0.39, 0.29) is 30.1 Å². The van der Waals surface area contributed by atoms with Gasteiger partial charge in [0.05, 0.1) is 6.61 Å². The molecule has 0 saturated carbocycles. The number of alkyl carbamates (subject to hydrolysis) is 1. The lowest BCUT2D eigenvalue weighted by Crippen LogP contribution is -2.24. The van der Waals surface area contributed by atoms with Crippen molar-refractivity contribution >= 4 is 6.09 Å². The number of aromatic hydroxyl groups is 1. The van der Waals surface area contributed by atoms with Gasteiger partial charge in [-0.05, 0) is 42.3 Å². The minimum atomic E-state index is -0.528. The van der Waals surface area contributed by atoms with Gasteiger partial charge < -0.3 is 15.2 Å². The highest BCUT2D eigenvalue weighted by Crippen LogP contribution is 2.33. The summed E-state index contributed by atoms with van der Waals surface area (Å²) in [6, 6.07) is 11.6. The van der Waals surface area contributed by atoms with Gasteiger partial charge in [-0.15, -0.1) is 0 Å². The molecule has 1 amide bonds. The number of rotatable bonds is 5. The number of nitrogens with one attached hydrogen (secondary N) is 1. The first-order valence-corrected chi connectivity index (χ1v) is 7.83. The summed E-state index contributed by atoms with van der Waals surface area (Å²) < 4.78 is 18.0. The molecule has 0 spiro atoms. The lowest BCUT2D eigenvalue weighted by atomic mass is 9.77. The molecule has 0 aliphatic carbocycles. The number of benzene rings is 2. The Morgan fingerprint density at radius 3 is 2.42 bits per heavy atom. The number of ether oxygens (including phenoxy) is 1. The van der Waals surface area contributed by atoms with Gasteiger partial charge >= 0.3 is 6.09 Å².